The number of benzene rings is 2. The largest absolute Gasteiger partial charge is 0.361 e. The molecule has 5 heteroatoms. The van der Waals surface area contributed by atoms with Crippen molar-refractivity contribution in [1.29, 1.82) is 0 Å². The zero-order valence-electron chi connectivity index (χ0n) is 15.8. The molecular formula is C23H24ClN3O. The van der Waals surface area contributed by atoms with Crippen LogP contribution in [0.3, 0.4) is 0 Å². The van der Waals surface area contributed by atoms with Crippen molar-refractivity contribution in [1.82, 2.24) is 9.88 Å². The molecule has 2 aromatic carbocycles. The van der Waals surface area contributed by atoms with E-state index in [2.05, 4.69) is 28.2 Å². The Morgan fingerprint density at radius 1 is 1.07 bits per heavy atom. The summed E-state index contributed by atoms with van der Waals surface area (Å²) in [6.07, 6.45) is 8.17. The van der Waals surface area contributed by atoms with Crippen LogP contribution in [0, 0.1) is 0 Å². The van der Waals surface area contributed by atoms with Gasteiger partial charge in [-0.1, -0.05) is 11.6 Å². The van der Waals surface area contributed by atoms with Crippen LogP contribution in [0.1, 0.15) is 37.2 Å². The number of aromatic amines is 1. The second-order valence-corrected chi connectivity index (χ2v) is 8.42. The number of hydrogen-bond acceptors (Lipinski definition) is 2. The van der Waals surface area contributed by atoms with Crippen molar-refractivity contribution in [2.45, 2.75) is 37.6 Å². The van der Waals surface area contributed by atoms with E-state index in [1.165, 1.54) is 49.7 Å². The fourth-order valence-electron chi connectivity index (χ4n) is 5.00. The van der Waals surface area contributed by atoms with E-state index in [1.54, 1.807) is 4.90 Å². The highest BCUT2D eigenvalue weighted by atomic mass is 35.5. The number of nitrogens with one attached hydrogen (secondary N) is 1. The van der Waals surface area contributed by atoms with E-state index in [4.69, 9.17) is 11.6 Å². The molecule has 3 aromatic rings. The number of carbonyl (C=O) groups is 1. The van der Waals surface area contributed by atoms with Gasteiger partial charge >= 0.3 is 0 Å². The Balaban J connectivity index is 1.49. The Kier molecular flexibility index (Phi) is 4.61. The molecule has 0 bridgehead atoms. The van der Waals surface area contributed by atoms with Crippen LogP contribution in [-0.2, 0) is 4.79 Å². The monoisotopic (exact) mass is 393 g/mol. The average Bonchev–Trinajstić information content (AvgIpc) is 3.35. The van der Waals surface area contributed by atoms with Crippen LogP contribution in [-0.4, -0.2) is 35.4 Å². The van der Waals surface area contributed by atoms with Crippen LogP contribution >= 0.6 is 11.6 Å². The smallest absolute Gasteiger partial charge is 0.218 e. The first-order valence-electron chi connectivity index (χ1n) is 10.1. The number of halogens is 1. The van der Waals surface area contributed by atoms with Crippen LogP contribution in [0.25, 0.3) is 10.9 Å². The molecule has 5 rings (SSSR count). The first kappa shape index (κ1) is 17.8. The maximum Gasteiger partial charge on any atom is 0.218 e. The first-order chi connectivity index (χ1) is 13.7. The quantitative estimate of drug-likeness (QED) is 0.598. The predicted molar refractivity (Wildman–Crippen MR) is 115 cm³/mol. The Morgan fingerprint density at radius 3 is 2.71 bits per heavy atom. The normalized spacial score (nSPS) is 22.3. The Labute approximate surface area is 170 Å². The van der Waals surface area contributed by atoms with Crippen LogP contribution in [0.4, 0.5) is 11.4 Å². The number of anilines is 2. The van der Waals surface area contributed by atoms with Gasteiger partial charge in [-0.3, -0.25) is 9.69 Å². The van der Waals surface area contributed by atoms with Gasteiger partial charge in [0.25, 0.3) is 0 Å². The summed E-state index contributed by atoms with van der Waals surface area (Å²) >= 11 is 6.00. The maximum atomic E-state index is 11.9. The molecule has 2 saturated heterocycles. The van der Waals surface area contributed by atoms with E-state index in [0.29, 0.717) is 10.9 Å². The third-order valence-corrected chi connectivity index (χ3v) is 6.70. The maximum absolute atomic E-state index is 11.9. The lowest BCUT2D eigenvalue weighted by Gasteiger charge is -2.34. The van der Waals surface area contributed by atoms with E-state index in [0.717, 1.165) is 29.3 Å². The molecule has 4 nitrogen and oxygen atoms in total. The lowest BCUT2D eigenvalue weighted by atomic mass is 9.85. The van der Waals surface area contributed by atoms with E-state index in [9.17, 15) is 4.79 Å². The molecule has 1 amide bonds. The van der Waals surface area contributed by atoms with E-state index < -0.39 is 0 Å². The number of hydrogen-bond donors (Lipinski definition) is 1. The molecule has 0 aliphatic carbocycles. The van der Waals surface area contributed by atoms with Gasteiger partial charge in [-0.15, -0.1) is 0 Å². The van der Waals surface area contributed by atoms with Gasteiger partial charge in [-0.2, -0.15) is 0 Å². The Hall–Kier alpha value is -2.30. The summed E-state index contributed by atoms with van der Waals surface area (Å²) in [4.78, 5) is 19.6. The zero-order chi connectivity index (χ0) is 19.1. The molecule has 28 heavy (non-hydrogen) atoms. The Morgan fingerprint density at radius 2 is 1.89 bits per heavy atom. The highest BCUT2D eigenvalue weighted by Gasteiger charge is 2.33. The molecular weight excluding hydrogens is 370 g/mol. The number of fused-ring (bicyclic) bond motifs is 2. The molecule has 1 N–H and O–H groups in total. The predicted octanol–water partition coefficient (Wildman–Crippen LogP) is 5.46. The van der Waals surface area contributed by atoms with Gasteiger partial charge in [0.2, 0.25) is 6.41 Å². The summed E-state index contributed by atoms with van der Waals surface area (Å²) in [6, 6.07) is 14.3. The molecule has 2 aliphatic rings. The molecule has 3 heterocycles. The third-order valence-electron chi connectivity index (χ3n) is 6.45. The molecule has 144 valence electrons. The Bertz CT molecular complexity index is 997. The minimum atomic E-state index is 0.587. The lowest BCUT2D eigenvalue weighted by molar-refractivity contribution is -0.106. The van der Waals surface area contributed by atoms with Gasteiger partial charge < -0.3 is 9.88 Å². The number of H-pyrrole nitrogens is 1. The lowest BCUT2D eigenvalue weighted by Crippen LogP contribution is -2.37. The minimum absolute atomic E-state index is 0.587. The molecule has 0 spiro atoms. The standard InChI is InChI=1S/C23H24ClN3O/c24-17-3-5-18(6-4-17)27(15-28)20-7-8-23-21(13-20)22(14-25-23)16-9-11-26-10-1-2-19(26)12-16/h3-8,13-16,19,25H,1-2,9-12H2. The van der Waals surface area contributed by atoms with Crippen molar-refractivity contribution in [3.63, 3.8) is 0 Å². The van der Waals surface area contributed by atoms with E-state index >= 15 is 0 Å². The van der Waals surface area contributed by atoms with Crippen molar-refractivity contribution < 1.29 is 4.79 Å². The number of piperidine rings is 1. The van der Waals surface area contributed by atoms with E-state index in [1.807, 2.05) is 30.3 Å². The third kappa shape index (κ3) is 3.11. The average molecular weight is 394 g/mol. The van der Waals surface area contributed by atoms with Crippen LogP contribution in [0.2, 0.25) is 5.02 Å². The molecule has 1 aromatic heterocycles. The SMILES string of the molecule is O=CN(c1ccc(Cl)cc1)c1ccc2[nH]cc(C3CCN4CCCC4C3)c2c1. The summed E-state index contributed by atoms with van der Waals surface area (Å²) in [5, 5.41) is 1.89. The second kappa shape index (κ2) is 7.26. The van der Waals surface area contributed by atoms with Crippen LogP contribution in [0.5, 0.6) is 0 Å². The van der Waals surface area contributed by atoms with Crippen molar-refractivity contribution in [2.75, 3.05) is 18.0 Å². The summed E-state index contributed by atoms with van der Waals surface area (Å²) in [6.45, 7) is 2.47. The number of nitrogens with zero attached hydrogens (tertiary/aromatic N) is 2. The molecule has 0 radical (unpaired) electrons. The molecule has 2 atom stereocenters. The van der Waals surface area contributed by atoms with Gasteiger partial charge in [-0.05, 0) is 92.7 Å². The van der Waals surface area contributed by atoms with Crippen molar-refractivity contribution in [2.24, 2.45) is 0 Å². The summed E-state index contributed by atoms with van der Waals surface area (Å²) in [5.74, 6) is 0.587. The summed E-state index contributed by atoms with van der Waals surface area (Å²) in [7, 11) is 0. The molecule has 2 aliphatic heterocycles. The van der Waals surface area contributed by atoms with E-state index in [-0.39, 0.29) is 0 Å². The minimum Gasteiger partial charge on any atom is -0.361 e. The number of rotatable bonds is 4. The van der Waals surface area contributed by atoms with Crippen molar-refractivity contribution in [3.8, 4) is 0 Å². The number of carbonyl (C=O) groups excluding carboxylic acids is 1. The van der Waals surface area contributed by atoms with Gasteiger partial charge in [0.1, 0.15) is 0 Å². The molecule has 0 saturated carbocycles. The summed E-state index contributed by atoms with van der Waals surface area (Å²) < 4.78 is 0. The fraction of sp³-hybridized carbons (Fsp3) is 0.348. The molecule has 2 fully saturated rings. The first-order valence-corrected chi connectivity index (χ1v) is 10.5. The summed E-state index contributed by atoms with van der Waals surface area (Å²) in [5.41, 5.74) is 4.22. The van der Waals surface area contributed by atoms with Gasteiger partial charge in [-0.25, -0.2) is 0 Å². The topological polar surface area (TPSA) is 39.3 Å². The zero-order valence-corrected chi connectivity index (χ0v) is 16.5. The molecule has 2 unspecified atom stereocenters. The van der Waals surface area contributed by atoms with Gasteiger partial charge in [0.05, 0.1) is 0 Å². The van der Waals surface area contributed by atoms with Crippen molar-refractivity contribution in [3.05, 3.63) is 59.2 Å². The second-order valence-electron chi connectivity index (χ2n) is 7.98. The van der Waals surface area contributed by atoms with Crippen LogP contribution in [0.15, 0.2) is 48.7 Å². The fourth-order valence-corrected chi connectivity index (χ4v) is 5.12. The highest BCUT2D eigenvalue weighted by Crippen LogP contribution is 2.40. The number of aromatic nitrogens is 1. The van der Waals surface area contributed by atoms with Gasteiger partial charge in [0, 0.05) is 39.5 Å². The van der Waals surface area contributed by atoms with Crippen LogP contribution < -0.4 is 4.90 Å². The number of amides is 1. The van der Waals surface area contributed by atoms with Gasteiger partial charge in [0.15, 0.2) is 0 Å². The van der Waals surface area contributed by atoms with Crippen molar-refractivity contribution >= 4 is 40.3 Å². The highest BCUT2D eigenvalue weighted by molar-refractivity contribution is 6.30.